The van der Waals surface area contributed by atoms with Crippen molar-refractivity contribution in [3.05, 3.63) is 72.9 Å². The molecule has 2 bridgehead atoms. The number of esters is 8. The summed E-state index contributed by atoms with van der Waals surface area (Å²) in [4.78, 5) is 112. The first kappa shape index (κ1) is 90.6. The summed E-state index contributed by atoms with van der Waals surface area (Å²) in [5.74, 6) is -1.77. The number of rotatable bonds is 33. The van der Waals surface area contributed by atoms with Crippen LogP contribution in [0.3, 0.4) is 0 Å². The lowest BCUT2D eigenvalue weighted by Gasteiger charge is -2.25. The van der Waals surface area contributed by atoms with Crippen molar-refractivity contribution in [1.82, 2.24) is 10.6 Å². The first-order chi connectivity index (χ1) is 45.0. The summed E-state index contributed by atoms with van der Waals surface area (Å²) in [6.45, 7) is 33.5. The fourth-order valence-electron chi connectivity index (χ4n) is 7.36. The Morgan fingerprint density at radius 1 is 0.579 bits per heavy atom. The van der Waals surface area contributed by atoms with E-state index in [1.165, 1.54) is 13.2 Å². The number of alkyl carbamates (subject to hydrolysis) is 1. The van der Waals surface area contributed by atoms with Crippen molar-refractivity contribution in [2.24, 2.45) is 46.8 Å². The van der Waals surface area contributed by atoms with Gasteiger partial charge in [-0.15, -0.1) is 0 Å². The van der Waals surface area contributed by atoms with Gasteiger partial charge in [0.05, 0.1) is 59.9 Å². The number of ether oxygens (including phenoxy) is 10. The summed E-state index contributed by atoms with van der Waals surface area (Å²) in [6.07, 6.45) is 12.1. The second kappa shape index (κ2) is 53.7. The number of allylic oxidation sites excluding steroid dienone is 1. The van der Waals surface area contributed by atoms with E-state index in [-0.39, 0.29) is 125 Å². The van der Waals surface area contributed by atoms with Crippen LogP contribution in [0.15, 0.2) is 61.7 Å². The van der Waals surface area contributed by atoms with Crippen LogP contribution in [-0.4, -0.2) is 138 Å². The lowest BCUT2D eigenvalue weighted by atomic mass is 9.88. The molecule has 2 amide bonds. The Morgan fingerprint density at radius 2 is 1.07 bits per heavy atom. The average Bonchev–Trinajstić information content (AvgIpc) is 1.65. The number of nitrogens with one attached hydrogen (secondary N) is 2. The van der Waals surface area contributed by atoms with Crippen LogP contribution >= 0.6 is 0 Å². The largest absolute Gasteiger partial charge is 0.462 e. The standard InChI is InChI=1S/C13H21NO6.C13H19NO2.C13H15NO2.C12H20O4.C11H18O5.C8H14N2O/c1-4-10(3)12(16)19-8-9-20-13(17)14-6-7-18-11(15)5-2;1-3-8(2)13(15)16-12-6-9-4-10(12)5-11(9)7-14;1-3-10(2)13(15)16-9-12-6-4-11(8-14)5-7-12;1-5-7-10(13)15-8-9-16-11(14)12(3,4)6-2;1-5-9(12)15-7-8-16-10(13)11(3,6-2)14-4;1-3-7(2)8(11)10-6-4-5-9/h5,10H,2,4,6-9H2,1,3H3,(H,14,17);8-12H,3-6H2,1-2H3;4-7,10H,3,9H2,1-2H3;5,7H,6,8-9H2,1-4H3;5H,1,6-8H2,2-4H3;7H,3-4,6H2,1-2H3,(H,10,11)/b;;;7-5+;;. The van der Waals surface area contributed by atoms with Crippen LogP contribution in [0, 0.1) is 80.8 Å². The molecule has 0 aromatic heterocycles. The van der Waals surface area contributed by atoms with Gasteiger partial charge in [-0.1, -0.05) is 101 Å². The molecule has 9 atom stereocenters. The van der Waals surface area contributed by atoms with Gasteiger partial charge >= 0.3 is 53.8 Å². The third kappa shape index (κ3) is 41.6. The topological polar surface area (TPSA) is 358 Å². The number of nitrogens with zero attached hydrogens (tertiary/aromatic N) is 3. The molecule has 0 saturated heterocycles. The number of amides is 2. The maximum Gasteiger partial charge on any atom is 0.407 e. The minimum atomic E-state index is -0.942. The predicted molar refractivity (Wildman–Crippen MR) is 352 cm³/mol. The van der Waals surface area contributed by atoms with Crippen molar-refractivity contribution >= 4 is 59.8 Å². The van der Waals surface area contributed by atoms with Gasteiger partial charge in [0.25, 0.3) is 0 Å². The smallest absolute Gasteiger partial charge is 0.407 e. The fourth-order valence-corrected chi connectivity index (χ4v) is 7.36. The molecule has 3 rings (SSSR count). The third-order valence-electron chi connectivity index (χ3n) is 15.3. The number of hydrogen-bond donors (Lipinski definition) is 2. The number of hydrogen-bond acceptors (Lipinski definition) is 23. The van der Waals surface area contributed by atoms with Crippen molar-refractivity contribution in [3.8, 4) is 18.2 Å². The zero-order chi connectivity index (χ0) is 73.0. The Morgan fingerprint density at radius 3 is 1.54 bits per heavy atom. The van der Waals surface area contributed by atoms with Crippen molar-refractivity contribution in [3.63, 3.8) is 0 Å². The van der Waals surface area contributed by atoms with E-state index in [4.69, 9.17) is 53.7 Å². The summed E-state index contributed by atoms with van der Waals surface area (Å²) >= 11 is 0. The predicted octanol–water partition coefficient (Wildman–Crippen LogP) is 10.4. The fraction of sp³-hybridized carbons (Fsp3) is 0.643. The lowest BCUT2D eigenvalue weighted by molar-refractivity contribution is -0.170. The molecule has 9 unspecified atom stereocenters. The molecule has 25 nitrogen and oxygen atoms in total. The molecule has 1 aromatic rings. The van der Waals surface area contributed by atoms with E-state index in [9.17, 15) is 47.9 Å². The molecule has 2 aliphatic carbocycles. The number of nitriles is 3. The number of methoxy groups -OCH3 is 1. The van der Waals surface area contributed by atoms with Crippen LogP contribution in [0.5, 0.6) is 0 Å². The molecule has 1 aromatic carbocycles. The molecule has 0 radical (unpaired) electrons. The van der Waals surface area contributed by atoms with E-state index in [1.807, 2.05) is 88.3 Å². The van der Waals surface area contributed by atoms with Gasteiger partial charge in [-0.2, -0.15) is 15.8 Å². The average molecular weight is 1340 g/mol. The van der Waals surface area contributed by atoms with E-state index in [2.05, 4.69) is 39.3 Å². The molecular formula is C70H107N5O20. The Kier molecular flexibility index (Phi) is 51.2. The number of carbonyl (C=O) groups is 10. The maximum absolute atomic E-state index is 11.7. The highest BCUT2D eigenvalue weighted by Crippen LogP contribution is 2.49. The van der Waals surface area contributed by atoms with Gasteiger partial charge in [0.15, 0.2) is 5.60 Å². The second-order valence-corrected chi connectivity index (χ2v) is 22.7. The van der Waals surface area contributed by atoms with Gasteiger partial charge in [-0.05, 0) is 115 Å². The first-order valence-electron chi connectivity index (χ1n) is 32.2. The molecular weight excluding hydrogens is 1230 g/mol. The zero-order valence-electron chi connectivity index (χ0n) is 58.8. The van der Waals surface area contributed by atoms with Gasteiger partial charge in [-0.25, -0.2) is 24.0 Å². The Bertz CT molecular complexity index is 2650. The van der Waals surface area contributed by atoms with Gasteiger partial charge < -0.3 is 58.0 Å². The van der Waals surface area contributed by atoms with Crippen molar-refractivity contribution < 1.29 is 95.3 Å². The Balaban J connectivity index is -0.00000108. The molecule has 95 heavy (non-hydrogen) atoms. The quantitative estimate of drug-likeness (QED) is 0.0286. The van der Waals surface area contributed by atoms with Gasteiger partial charge in [0, 0.05) is 43.7 Å². The Labute approximate surface area is 563 Å². The molecule has 0 heterocycles. The Hall–Kier alpha value is -8.63. The van der Waals surface area contributed by atoms with E-state index >= 15 is 0 Å². The SMILES string of the molecule is C/C=C/C(=O)OCCOC(=O)C(C)(C)CC.C=CC(=O)OCCNC(=O)OCCOC(=O)C(C)CC.C=CC(=O)OCCOC(=O)C(C)(CC)OC.CCC(C)C(=O)NCCC#N.CCC(C)C(=O)OC1CC2CC1CC2C#N.CCC(C)C(=O)OCc1ccc(C#N)cc1. The van der Waals surface area contributed by atoms with Gasteiger partial charge in [0.1, 0.15) is 59.0 Å². The van der Waals surface area contributed by atoms with Gasteiger partial charge in [0.2, 0.25) is 5.91 Å². The number of benzene rings is 1. The van der Waals surface area contributed by atoms with E-state index < -0.39 is 41.0 Å². The molecule has 25 heteroatoms. The first-order valence-corrected chi connectivity index (χ1v) is 32.2. The minimum absolute atomic E-state index is 0.00545. The summed E-state index contributed by atoms with van der Waals surface area (Å²) in [6, 6.07) is 13.4. The van der Waals surface area contributed by atoms with Crippen LogP contribution in [-0.2, 0) is 97.1 Å². The van der Waals surface area contributed by atoms with Crippen LogP contribution < -0.4 is 10.6 Å². The van der Waals surface area contributed by atoms with Crippen molar-refractivity contribution in [2.75, 3.05) is 66.4 Å². The molecule has 532 valence electrons. The highest BCUT2D eigenvalue weighted by Gasteiger charge is 2.48. The van der Waals surface area contributed by atoms with Crippen LogP contribution in [0.2, 0.25) is 0 Å². The maximum atomic E-state index is 11.7. The summed E-state index contributed by atoms with van der Waals surface area (Å²) in [5.41, 5.74) is 0.0862. The molecule has 2 aliphatic rings. The van der Waals surface area contributed by atoms with E-state index in [1.54, 1.807) is 51.1 Å². The molecule has 0 spiro atoms. The molecule has 2 saturated carbocycles. The summed E-state index contributed by atoms with van der Waals surface area (Å²) in [7, 11) is 1.45. The van der Waals surface area contributed by atoms with E-state index in [0.717, 1.165) is 56.2 Å². The molecule has 0 aliphatic heterocycles. The van der Waals surface area contributed by atoms with E-state index in [0.29, 0.717) is 49.6 Å². The minimum Gasteiger partial charge on any atom is -0.462 e. The van der Waals surface area contributed by atoms with Crippen molar-refractivity contribution in [2.45, 2.75) is 179 Å². The normalized spacial score (nSPS) is 16.3. The summed E-state index contributed by atoms with van der Waals surface area (Å²) in [5, 5.41) is 30.8. The van der Waals surface area contributed by atoms with Gasteiger partial charge in [-0.3, -0.25) is 24.0 Å². The van der Waals surface area contributed by atoms with Crippen LogP contribution in [0.1, 0.15) is 172 Å². The lowest BCUT2D eigenvalue weighted by Crippen LogP contribution is -2.38. The van der Waals surface area contributed by atoms with Crippen LogP contribution in [0.4, 0.5) is 4.79 Å². The van der Waals surface area contributed by atoms with Crippen molar-refractivity contribution in [1.29, 1.82) is 15.8 Å². The number of fused-ring (bicyclic) bond motifs is 2. The highest BCUT2D eigenvalue weighted by molar-refractivity contribution is 5.82. The monoisotopic (exact) mass is 1340 g/mol. The molecule has 2 N–H and O–H groups in total. The second-order valence-electron chi connectivity index (χ2n) is 22.7. The third-order valence-corrected chi connectivity index (χ3v) is 15.3. The molecule has 2 fully saturated rings. The number of carbonyl (C=O) groups excluding carboxylic acids is 10. The zero-order valence-corrected chi connectivity index (χ0v) is 58.8. The summed E-state index contributed by atoms with van der Waals surface area (Å²) < 4.78 is 49.3. The highest BCUT2D eigenvalue weighted by atomic mass is 16.6. The van der Waals surface area contributed by atoms with Crippen LogP contribution in [0.25, 0.3) is 0 Å².